The van der Waals surface area contributed by atoms with Crippen LogP contribution in [0, 0.1) is 6.92 Å². The first kappa shape index (κ1) is 14.1. The van der Waals surface area contributed by atoms with Gasteiger partial charge in [0.05, 0.1) is 16.8 Å². The molecule has 0 bridgehead atoms. The minimum Gasteiger partial charge on any atom is -0.288 e. The van der Waals surface area contributed by atoms with Crippen LogP contribution in [-0.4, -0.2) is 10.8 Å². The Morgan fingerprint density at radius 3 is 2.28 bits per heavy atom. The molecule has 0 saturated carbocycles. The molecular weight excluding hydrogens is 306 g/mol. The average molecular weight is 321 g/mol. The molecule has 25 heavy (non-hydrogen) atoms. The van der Waals surface area contributed by atoms with Crippen LogP contribution in [0.4, 0.5) is 0 Å². The van der Waals surface area contributed by atoms with Crippen LogP contribution in [0.25, 0.3) is 33.3 Å². The number of hydrogen-bond acceptors (Lipinski definition) is 2. The van der Waals surface area contributed by atoms with E-state index < -0.39 is 0 Å². The predicted octanol–water partition coefficient (Wildman–Crippen LogP) is 5.42. The van der Waals surface area contributed by atoms with Gasteiger partial charge in [0.1, 0.15) is 0 Å². The Morgan fingerprint density at radius 1 is 0.760 bits per heavy atom. The van der Waals surface area contributed by atoms with Gasteiger partial charge in [-0.05, 0) is 24.1 Å². The molecule has 2 heteroatoms. The number of aryl methyl sites for hydroxylation is 1. The Labute approximate surface area is 145 Å². The maximum atomic E-state index is 13.2. The molecule has 0 spiro atoms. The highest BCUT2D eigenvalue weighted by Crippen LogP contribution is 2.44. The van der Waals surface area contributed by atoms with Gasteiger partial charge in [-0.3, -0.25) is 4.79 Å². The summed E-state index contributed by atoms with van der Waals surface area (Å²) < 4.78 is 0. The smallest absolute Gasteiger partial charge is 0.196 e. The second kappa shape index (κ2) is 5.12. The fraction of sp³-hybridized carbons (Fsp3) is 0.0435. The summed E-state index contributed by atoms with van der Waals surface area (Å²) in [7, 11) is 0. The summed E-state index contributed by atoms with van der Waals surface area (Å²) in [4.78, 5) is 18.0. The molecule has 1 aliphatic carbocycles. The highest BCUT2D eigenvalue weighted by Gasteiger charge is 2.32. The molecule has 3 aromatic carbocycles. The molecular formula is C23H15NO. The third-order valence-electron chi connectivity index (χ3n) is 4.86. The van der Waals surface area contributed by atoms with Crippen LogP contribution in [-0.2, 0) is 0 Å². The average Bonchev–Trinajstić information content (AvgIpc) is 2.95. The van der Waals surface area contributed by atoms with E-state index >= 15 is 0 Å². The number of hydrogen-bond donors (Lipinski definition) is 0. The fourth-order valence-corrected chi connectivity index (χ4v) is 3.71. The van der Waals surface area contributed by atoms with E-state index in [-0.39, 0.29) is 5.78 Å². The highest BCUT2D eigenvalue weighted by atomic mass is 16.1. The lowest BCUT2D eigenvalue weighted by Gasteiger charge is -2.12. The number of aromatic nitrogens is 1. The van der Waals surface area contributed by atoms with Crippen molar-refractivity contribution in [1.82, 2.24) is 4.98 Å². The molecule has 1 aromatic heterocycles. The second-order valence-electron chi connectivity index (χ2n) is 6.47. The van der Waals surface area contributed by atoms with Crippen LogP contribution in [0.5, 0.6) is 0 Å². The third-order valence-corrected chi connectivity index (χ3v) is 4.86. The lowest BCUT2D eigenvalue weighted by atomic mass is 9.96. The normalized spacial score (nSPS) is 12.3. The number of ketones is 1. The molecule has 2 nitrogen and oxygen atoms in total. The molecule has 1 heterocycles. The maximum Gasteiger partial charge on any atom is 0.196 e. The molecule has 1 aliphatic rings. The number of carbonyl (C=O) groups excluding carboxylic acids is 1. The summed E-state index contributed by atoms with van der Waals surface area (Å²) in [5, 5.41) is 1.04. The second-order valence-corrected chi connectivity index (χ2v) is 6.47. The van der Waals surface area contributed by atoms with Crippen molar-refractivity contribution in [3.8, 4) is 22.4 Å². The van der Waals surface area contributed by atoms with E-state index in [4.69, 9.17) is 4.98 Å². The molecule has 0 saturated heterocycles. The van der Waals surface area contributed by atoms with E-state index in [1.165, 1.54) is 0 Å². The molecule has 0 N–H and O–H groups in total. The van der Waals surface area contributed by atoms with Crippen molar-refractivity contribution in [2.24, 2.45) is 0 Å². The Bertz CT molecular complexity index is 1160. The quantitative estimate of drug-likeness (QED) is 0.412. The molecule has 4 aromatic rings. The van der Waals surface area contributed by atoms with Gasteiger partial charge in [-0.15, -0.1) is 0 Å². The molecule has 0 atom stereocenters. The number of carbonyl (C=O) groups is 1. The van der Waals surface area contributed by atoms with E-state index in [0.717, 1.165) is 50.0 Å². The van der Waals surface area contributed by atoms with Gasteiger partial charge in [0.25, 0.3) is 0 Å². The van der Waals surface area contributed by atoms with Crippen molar-refractivity contribution in [1.29, 1.82) is 0 Å². The molecule has 5 rings (SSSR count). The van der Waals surface area contributed by atoms with Gasteiger partial charge in [-0.25, -0.2) is 4.98 Å². The van der Waals surface area contributed by atoms with Gasteiger partial charge in [-0.1, -0.05) is 66.7 Å². The van der Waals surface area contributed by atoms with E-state index in [1.54, 1.807) is 0 Å². The Hall–Kier alpha value is -3.26. The Balaban J connectivity index is 1.97. The summed E-state index contributed by atoms with van der Waals surface area (Å²) in [6.45, 7) is 2.07. The van der Waals surface area contributed by atoms with Crippen LogP contribution in [0.15, 0.2) is 72.8 Å². The Kier molecular flexibility index (Phi) is 2.89. The van der Waals surface area contributed by atoms with Crippen LogP contribution < -0.4 is 0 Å². The monoisotopic (exact) mass is 321 g/mol. The van der Waals surface area contributed by atoms with Crippen molar-refractivity contribution < 1.29 is 4.79 Å². The lowest BCUT2D eigenvalue weighted by molar-refractivity contribution is 0.104. The SMILES string of the molecule is Cc1ccc2c3c(c(-c4ccccc4)nc2c1)C(=O)c1ccccc1-3. The van der Waals surface area contributed by atoms with E-state index in [9.17, 15) is 4.79 Å². The zero-order chi connectivity index (χ0) is 17.0. The number of pyridine rings is 1. The number of nitrogens with zero attached hydrogens (tertiary/aromatic N) is 1. The predicted molar refractivity (Wildman–Crippen MR) is 101 cm³/mol. The first-order valence-corrected chi connectivity index (χ1v) is 8.38. The summed E-state index contributed by atoms with van der Waals surface area (Å²) in [6.07, 6.45) is 0. The minimum absolute atomic E-state index is 0.0689. The van der Waals surface area contributed by atoms with Crippen molar-refractivity contribution in [3.63, 3.8) is 0 Å². The minimum atomic E-state index is 0.0689. The number of benzene rings is 3. The first-order chi connectivity index (χ1) is 12.2. The molecule has 0 aliphatic heterocycles. The molecule has 0 fully saturated rings. The summed E-state index contributed by atoms with van der Waals surface area (Å²) in [5.74, 6) is 0.0689. The van der Waals surface area contributed by atoms with E-state index in [0.29, 0.717) is 0 Å². The fourth-order valence-electron chi connectivity index (χ4n) is 3.71. The van der Waals surface area contributed by atoms with E-state index in [1.807, 2.05) is 54.6 Å². The largest absolute Gasteiger partial charge is 0.288 e. The highest BCUT2D eigenvalue weighted by molar-refractivity contribution is 6.28. The molecule has 0 amide bonds. The number of fused-ring (bicyclic) bond motifs is 5. The van der Waals surface area contributed by atoms with Gasteiger partial charge in [0, 0.05) is 22.1 Å². The summed E-state index contributed by atoms with van der Waals surface area (Å²) in [6, 6.07) is 24.1. The van der Waals surface area contributed by atoms with Gasteiger partial charge >= 0.3 is 0 Å². The van der Waals surface area contributed by atoms with Crippen LogP contribution in [0.1, 0.15) is 21.5 Å². The first-order valence-electron chi connectivity index (χ1n) is 8.38. The van der Waals surface area contributed by atoms with Gasteiger partial charge in [0.2, 0.25) is 0 Å². The Morgan fingerprint density at radius 2 is 1.48 bits per heavy atom. The van der Waals surface area contributed by atoms with Crippen molar-refractivity contribution >= 4 is 16.7 Å². The maximum absolute atomic E-state index is 13.2. The summed E-state index contributed by atoms with van der Waals surface area (Å²) >= 11 is 0. The summed E-state index contributed by atoms with van der Waals surface area (Å²) in [5.41, 5.74) is 7.37. The molecule has 0 unspecified atom stereocenters. The van der Waals surface area contributed by atoms with Crippen LogP contribution >= 0.6 is 0 Å². The van der Waals surface area contributed by atoms with Crippen molar-refractivity contribution in [2.75, 3.05) is 0 Å². The van der Waals surface area contributed by atoms with E-state index in [2.05, 4.69) is 25.1 Å². The topological polar surface area (TPSA) is 30.0 Å². The van der Waals surface area contributed by atoms with Gasteiger partial charge in [0.15, 0.2) is 5.78 Å². The van der Waals surface area contributed by atoms with Gasteiger partial charge < -0.3 is 0 Å². The zero-order valence-electron chi connectivity index (χ0n) is 13.8. The van der Waals surface area contributed by atoms with Gasteiger partial charge in [-0.2, -0.15) is 0 Å². The third kappa shape index (κ3) is 1.97. The molecule has 118 valence electrons. The lowest BCUT2D eigenvalue weighted by Crippen LogP contribution is -2.01. The van der Waals surface area contributed by atoms with Crippen LogP contribution in [0.3, 0.4) is 0 Å². The van der Waals surface area contributed by atoms with Crippen molar-refractivity contribution in [3.05, 3.63) is 89.5 Å². The van der Waals surface area contributed by atoms with Crippen molar-refractivity contribution in [2.45, 2.75) is 6.92 Å². The standard InChI is InChI=1S/C23H15NO/c1-14-11-12-18-19(13-14)24-22(15-7-3-2-4-8-15)21-20(18)16-9-5-6-10-17(16)23(21)25/h2-13H,1H3. The molecule has 0 radical (unpaired) electrons. The zero-order valence-corrected chi connectivity index (χ0v) is 13.8. The number of rotatable bonds is 1. The van der Waals surface area contributed by atoms with Crippen LogP contribution in [0.2, 0.25) is 0 Å².